The molecule has 2 amide bonds. The Morgan fingerprint density at radius 1 is 1.15 bits per heavy atom. The minimum absolute atomic E-state index is 0.0591. The second-order valence-corrected chi connectivity index (χ2v) is 11.2. The average Bonchev–Trinajstić information content (AvgIpc) is 3.54. The standard InChI is InChI=1S/C30H45N3O6/c1-7-19(6)22(18-34)33-25(26(35)31-20-12-14-21(15-13-20)32(9-3)10-4)30-17-16-29(8-2,39-30)24(23(30)27(33)36)28(37)38-11-5/h12-15,19,22-25,34H,7-11,16-18H2,1-6H3,(H,31,35)/t19-,22-,23-,24+,25?,29-,30?/m0/s1. The molecule has 9 nitrogen and oxygen atoms in total. The van der Waals surface area contributed by atoms with Gasteiger partial charge in [-0.2, -0.15) is 0 Å². The first-order valence-electron chi connectivity index (χ1n) is 14.6. The fraction of sp³-hybridized carbons (Fsp3) is 0.700. The number of nitrogens with zero attached hydrogens (tertiary/aromatic N) is 2. The lowest BCUT2D eigenvalue weighted by atomic mass is 9.65. The zero-order valence-electron chi connectivity index (χ0n) is 24.2. The number of carbonyl (C=O) groups is 3. The molecule has 0 aliphatic carbocycles. The zero-order chi connectivity index (χ0) is 28.5. The topological polar surface area (TPSA) is 108 Å². The maximum Gasteiger partial charge on any atom is 0.312 e. The van der Waals surface area contributed by atoms with Crippen molar-refractivity contribution in [2.45, 2.75) is 90.5 Å². The normalized spacial score (nSPS) is 30.7. The van der Waals surface area contributed by atoms with Crippen LogP contribution in [0.4, 0.5) is 11.4 Å². The second-order valence-electron chi connectivity index (χ2n) is 11.2. The molecule has 1 spiro atoms. The molecule has 3 aliphatic rings. The number of benzene rings is 1. The predicted molar refractivity (Wildman–Crippen MR) is 149 cm³/mol. The Bertz CT molecular complexity index is 1060. The molecule has 3 fully saturated rings. The van der Waals surface area contributed by atoms with Crippen LogP contribution in [0.25, 0.3) is 0 Å². The Kier molecular flexibility index (Phi) is 8.61. The molecule has 3 heterocycles. The van der Waals surface area contributed by atoms with Crippen molar-refractivity contribution in [2.75, 3.05) is 36.5 Å². The number of ether oxygens (including phenoxy) is 2. The van der Waals surface area contributed by atoms with Crippen LogP contribution in [-0.2, 0) is 23.9 Å². The summed E-state index contributed by atoms with van der Waals surface area (Å²) < 4.78 is 12.2. The first-order chi connectivity index (χ1) is 18.7. The molecule has 3 aliphatic heterocycles. The van der Waals surface area contributed by atoms with Gasteiger partial charge in [0.15, 0.2) is 0 Å². The first kappa shape index (κ1) is 29.3. The van der Waals surface area contributed by atoms with Gasteiger partial charge in [0, 0.05) is 24.5 Å². The van der Waals surface area contributed by atoms with Gasteiger partial charge in [0.05, 0.1) is 30.8 Å². The molecule has 1 aromatic carbocycles. The van der Waals surface area contributed by atoms with Gasteiger partial charge >= 0.3 is 5.97 Å². The van der Waals surface area contributed by atoms with Crippen LogP contribution >= 0.6 is 0 Å². The van der Waals surface area contributed by atoms with Crippen LogP contribution in [0.1, 0.15) is 67.2 Å². The molecule has 2 bridgehead atoms. The molecule has 0 radical (unpaired) electrons. The molecule has 1 aromatic rings. The number of hydrogen-bond donors (Lipinski definition) is 2. The summed E-state index contributed by atoms with van der Waals surface area (Å²) in [7, 11) is 0. The Balaban J connectivity index is 1.75. The van der Waals surface area contributed by atoms with Gasteiger partial charge < -0.3 is 29.7 Å². The molecular formula is C30H45N3O6. The maximum absolute atomic E-state index is 14.3. The summed E-state index contributed by atoms with van der Waals surface area (Å²) in [5.74, 6) is -2.79. The first-order valence-corrected chi connectivity index (χ1v) is 14.6. The van der Waals surface area contributed by atoms with Crippen molar-refractivity contribution >= 4 is 29.2 Å². The molecule has 9 heteroatoms. The largest absolute Gasteiger partial charge is 0.466 e. The quantitative estimate of drug-likeness (QED) is 0.388. The number of anilines is 2. The van der Waals surface area contributed by atoms with Gasteiger partial charge in [0.2, 0.25) is 11.8 Å². The number of carbonyl (C=O) groups excluding carboxylic acids is 3. The van der Waals surface area contributed by atoms with Gasteiger partial charge in [-0.05, 0) is 70.2 Å². The number of fused-ring (bicyclic) bond motifs is 1. The molecule has 216 valence electrons. The van der Waals surface area contributed by atoms with E-state index in [2.05, 4.69) is 24.1 Å². The Morgan fingerprint density at radius 2 is 1.82 bits per heavy atom. The summed E-state index contributed by atoms with van der Waals surface area (Å²) in [6.07, 6.45) is 2.31. The smallest absolute Gasteiger partial charge is 0.312 e. The van der Waals surface area contributed by atoms with Crippen molar-refractivity contribution in [3.05, 3.63) is 24.3 Å². The number of rotatable bonds is 12. The second kappa shape index (κ2) is 11.5. The number of likely N-dealkylation sites (tertiary alicyclic amines) is 1. The summed E-state index contributed by atoms with van der Waals surface area (Å²) in [5, 5.41) is 13.5. The summed E-state index contributed by atoms with van der Waals surface area (Å²) >= 11 is 0. The number of amides is 2. The Morgan fingerprint density at radius 3 is 2.36 bits per heavy atom. The van der Waals surface area contributed by atoms with Crippen molar-refractivity contribution in [3.63, 3.8) is 0 Å². The van der Waals surface area contributed by atoms with Gasteiger partial charge in [-0.1, -0.05) is 27.2 Å². The lowest BCUT2D eigenvalue weighted by Crippen LogP contribution is -2.57. The third kappa shape index (κ3) is 4.61. The van der Waals surface area contributed by atoms with Gasteiger partial charge in [-0.15, -0.1) is 0 Å². The van der Waals surface area contributed by atoms with Crippen LogP contribution in [0.2, 0.25) is 0 Å². The number of esters is 1. The average molecular weight is 544 g/mol. The summed E-state index contributed by atoms with van der Waals surface area (Å²) in [6, 6.07) is 6.11. The van der Waals surface area contributed by atoms with E-state index in [0.717, 1.165) is 25.2 Å². The molecule has 7 atom stereocenters. The summed E-state index contributed by atoms with van der Waals surface area (Å²) in [6.45, 7) is 13.5. The van der Waals surface area contributed by atoms with E-state index in [0.29, 0.717) is 24.9 Å². The third-order valence-corrected chi connectivity index (χ3v) is 9.52. The molecule has 0 aromatic heterocycles. The van der Waals surface area contributed by atoms with E-state index in [9.17, 15) is 19.5 Å². The minimum atomic E-state index is -1.16. The highest BCUT2D eigenvalue weighted by molar-refractivity contribution is 6.03. The van der Waals surface area contributed by atoms with E-state index >= 15 is 0 Å². The molecule has 2 unspecified atom stereocenters. The van der Waals surface area contributed by atoms with Crippen molar-refractivity contribution in [1.29, 1.82) is 0 Å². The molecule has 3 saturated heterocycles. The van der Waals surface area contributed by atoms with E-state index < -0.39 is 41.1 Å². The van der Waals surface area contributed by atoms with E-state index in [4.69, 9.17) is 9.47 Å². The molecule has 39 heavy (non-hydrogen) atoms. The van der Waals surface area contributed by atoms with Gasteiger partial charge in [-0.3, -0.25) is 14.4 Å². The Labute approximate surface area is 232 Å². The molecule has 2 N–H and O–H groups in total. The lowest BCUT2D eigenvalue weighted by molar-refractivity contribution is -0.162. The van der Waals surface area contributed by atoms with E-state index in [-0.39, 0.29) is 30.9 Å². The molecule has 4 rings (SSSR count). The van der Waals surface area contributed by atoms with Crippen LogP contribution in [-0.4, -0.2) is 77.4 Å². The highest BCUT2D eigenvalue weighted by Crippen LogP contribution is 2.65. The van der Waals surface area contributed by atoms with Crippen LogP contribution in [0.3, 0.4) is 0 Å². The lowest BCUT2D eigenvalue weighted by Gasteiger charge is -2.39. The van der Waals surface area contributed by atoms with Crippen molar-refractivity contribution < 1.29 is 29.0 Å². The van der Waals surface area contributed by atoms with Crippen molar-refractivity contribution in [2.24, 2.45) is 17.8 Å². The fourth-order valence-corrected chi connectivity index (χ4v) is 7.27. The van der Waals surface area contributed by atoms with Gasteiger partial charge in [0.25, 0.3) is 0 Å². The number of aliphatic hydroxyl groups excluding tert-OH is 1. The van der Waals surface area contributed by atoms with E-state index in [1.54, 1.807) is 6.92 Å². The highest BCUT2D eigenvalue weighted by atomic mass is 16.6. The molecular weight excluding hydrogens is 498 g/mol. The van der Waals surface area contributed by atoms with Gasteiger partial charge in [-0.25, -0.2) is 0 Å². The van der Waals surface area contributed by atoms with E-state index in [1.807, 2.05) is 45.0 Å². The van der Waals surface area contributed by atoms with Crippen molar-refractivity contribution in [3.8, 4) is 0 Å². The SMILES string of the molecule is CCOC(=O)[C@H]1[C@H]2C(=O)N([C@@H](CO)[C@@H](C)CC)C(C(=O)Nc3ccc(N(CC)CC)cc3)C23CC[C@]1(CC)O3. The van der Waals surface area contributed by atoms with Crippen LogP contribution in [0.5, 0.6) is 0 Å². The zero-order valence-corrected chi connectivity index (χ0v) is 24.2. The minimum Gasteiger partial charge on any atom is -0.466 e. The van der Waals surface area contributed by atoms with Crippen LogP contribution in [0.15, 0.2) is 24.3 Å². The number of nitrogens with one attached hydrogen (secondary N) is 1. The monoisotopic (exact) mass is 543 g/mol. The van der Waals surface area contributed by atoms with Gasteiger partial charge in [0.1, 0.15) is 17.6 Å². The van der Waals surface area contributed by atoms with Crippen molar-refractivity contribution in [1.82, 2.24) is 4.90 Å². The van der Waals surface area contributed by atoms with Crippen LogP contribution < -0.4 is 10.2 Å². The maximum atomic E-state index is 14.3. The number of aliphatic hydroxyl groups is 1. The molecule has 0 saturated carbocycles. The predicted octanol–water partition coefficient (Wildman–Crippen LogP) is 3.60. The fourth-order valence-electron chi connectivity index (χ4n) is 7.27. The summed E-state index contributed by atoms with van der Waals surface area (Å²) in [5.41, 5.74) is -0.317. The van der Waals surface area contributed by atoms with Crippen LogP contribution in [0, 0.1) is 17.8 Å². The summed E-state index contributed by atoms with van der Waals surface area (Å²) in [4.78, 5) is 45.5. The van der Waals surface area contributed by atoms with E-state index in [1.165, 1.54) is 4.90 Å². The number of hydrogen-bond acceptors (Lipinski definition) is 7. The highest BCUT2D eigenvalue weighted by Gasteiger charge is 2.79. The Hall–Kier alpha value is -2.65. The third-order valence-electron chi connectivity index (χ3n) is 9.52.